The minimum absolute atomic E-state index is 0.0124. The van der Waals surface area contributed by atoms with Crippen molar-refractivity contribution in [2.24, 2.45) is 0 Å². The van der Waals surface area contributed by atoms with Crippen LogP contribution in [0.15, 0.2) is 40.0 Å². The molecule has 11 heteroatoms. The highest BCUT2D eigenvalue weighted by Crippen LogP contribution is 2.41. The molecule has 0 radical (unpaired) electrons. The first kappa shape index (κ1) is 22.3. The van der Waals surface area contributed by atoms with Gasteiger partial charge in [0.05, 0.1) is 44.7 Å². The topological polar surface area (TPSA) is 105 Å². The third kappa shape index (κ3) is 4.34. The average Bonchev–Trinajstić information content (AvgIpc) is 3.41. The Morgan fingerprint density at radius 3 is 2.47 bits per heavy atom. The van der Waals surface area contributed by atoms with E-state index >= 15 is 0 Å². The van der Waals surface area contributed by atoms with E-state index in [1.807, 2.05) is 16.7 Å². The van der Waals surface area contributed by atoms with E-state index in [2.05, 4.69) is 15.2 Å². The van der Waals surface area contributed by atoms with Crippen LogP contribution in [0.2, 0.25) is 5.02 Å². The van der Waals surface area contributed by atoms with Crippen LogP contribution in [-0.4, -0.2) is 52.8 Å². The van der Waals surface area contributed by atoms with Crippen molar-refractivity contribution in [3.05, 3.63) is 41.2 Å². The molecule has 0 aliphatic rings. The Balaban J connectivity index is 1.58. The lowest BCUT2D eigenvalue weighted by molar-refractivity contribution is 0.276. The number of thioether (sulfide) groups is 1. The number of hydrogen-bond donors (Lipinski definition) is 1. The van der Waals surface area contributed by atoms with Gasteiger partial charge in [0.15, 0.2) is 11.5 Å². The summed E-state index contributed by atoms with van der Waals surface area (Å²) in [6, 6.07) is 8.97. The molecule has 0 aliphatic carbocycles. The summed E-state index contributed by atoms with van der Waals surface area (Å²) in [5, 5.41) is 18.7. The lowest BCUT2D eigenvalue weighted by Crippen LogP contribution is -2.06. The summed E-state index contributed by atoms with van der Waals surface area (Å²) in [5.41, 5.74) is 2.31. The lowest BCUT2D eigenvalue weighted by atomic mass is 10.2. The number of hydrogen-bond acceptors (Lipinski definition) is 9. The molecule has 0 amide bonds. The molecule has 168 valence electrons. The molecule has 4 aromatic rings. The van der Waals surface area contributed by atoms with Crippen molar-refractivity contribution in [2.45, 2.75) is 17.5 Å². The number of rotatable bonds is 9. The molecule has 2 aromatic heterocycles. The standard InChI is InChI=1S/C21H21ClN4O5S/c1-28-16-8-12(9-17(29-2)19(16)30-3)20-24-25-21(31-20)32-11-18-23-14-5-4-13(22)10-15(14)26(18)6-7-27/h4-5,8-10,27H,6-7,11H2,1-3H3. The molecule has 2 aromatic carbocycles. The number of aliphatic hydroxyl groups is 1. The zero-order valence-corrected chi connectivity index (χ0v) is 19.2. The number of halogens is 1. The van der Waals surface area contributed by atoms with Crippen LogP contribution >= 0.6 is 23.4 Å². The van der Waals surface area contributed by atoms with Crippen molar-refractivity contribution in [3.63, 3.8) is 0 Å². The van der Waals surface area contributed by atoms with E-state index in [4.69, 9.17) is 30.2 Å². The van der Waals surface area contributed by atoms with Crippen molar-refractivity contribution in [1.29, 1.82) is 0 Å². The van der Waals surface area contributed by atoms with Gasteiger partial charge >= 0.3 is 0 Å². The van der Waals surface area contributed by atoms with Crippen LogP contribution in [0.1, 0.15) is 5.82 Å². The van der Waals surface area contributed by atoms with Crippen molar-refractivity contribution >= 4 is 34.4 Å². The van der Waals surface area contributed by atoms with Gasteiger partial charge in [-0.1, -0.05) is 23.4 Å². The zero-order valence-electron chi connectivity index (χ0n) is 17.7. The second-order valence-corrected chi connectivity index (χ2v) is 7.98. The van der Waals surface area contributed by atoms with Gasteiger partial charge in [0.25, 0.3) is 5.22 Å². The Morgan fingerprint density at radius 1 is 1.06 bits per heavy atom. The summed E-state index contributed by atoms with van der Waals surface area (Å²) in [7, 11) is 4.63. The molecule has 9 nitrogen and oxygen atoms in total. The van der Waals surface area contributed by atoms with Crippen LogP contribution in [0.3, 0.4) is 0 Å². The number of aliphatic hydroxyl groups excluding tert-OH is 1. The molecule has 0 fully saturated rings. The largest absolute Gasteiger partial charge is 0.493 e. The molecule has 0 unspecified atom stereocenters. The molecule has 4 rings (SSSR count). The van der Waals surface area contributed by atoms with Crippen LogP contribution in [0.5, 0.6) is 17.2 Å². The number of fused-ring (bicyclic) bond motifs is 1. The Morgan fingerprint density at radius 2 is 1.81 bits per heavy atom. The van der Waals surface area contributed by atoms with Gasteiger partial charge in [0.1, 0.15) is 5.82 Å². The average molecular weight is 477 g/mol. The fraction of sp³-hybridized carbons (Fsp3) is 0.286. The SMILES string of the molecule is COc1cc(-c2nnc(SCc3nc4ccc(Cl)cc4n3CCO)o2)cc(OC)c1OC. The molecule has 0 aliphatic heterocycles. The van der Waals surface area contributed by atoms with Gasteiger partial charge in [-0.15, -0.1) is 10.2 Å². The number of imidazole rings is 1. The molecule has 1 N–H and O–H groups in total. The Bertz CT molecular complexity index is 1220. The number of methoxy groups -OCH3 is 3. The lowest BCUT2D eigenvalue weighted by Gasteiger charge is -2.12. The van der Waals surface area contributed by atoms with E-state index in [1.165, 1.54) is 11.8 Å². The fourth-order valence-electron chi connectivity index (χ4n) is 3.32. The second kappa shape index (κ2) is 9.68. The first-order valence-corrected chi connectivity index (χ1v) is 11.0. The van der Waals surface area contributed by atoms with Crippen LogP contribution in [-0.2, 0) is 12.3 Å². The molecule has 0 saturated carbocycles. The van der Waals surface area contributed by atoms with Crippen LogP contribution in [0, 0.1) is 0 Å². The normalized spacial score (nSPS) is 11.2. The number of ether oxygens (including phenoxy) is 3. The van der Waals surface area contributed by atoms with E-state index in [0.29, 0.717) is 51.2 Å². The molecule has 0 bridgehead atoms. The maximum Gasteiger partial charge on any atom is 0.277 e. The summed E-state index contributed by atoms with van der Waals surface area (Å²) in [5.74, 6) is 3.03. The third-order valence-corrected chi connectivity index (χ3v) is 5.81. The van der Waals surface area contributed by atoms with E-state index in [-0.39, 0.29) is 6.61 Å². The molecular weight excluding hydrogens is 456 g/mol. The fourth-order valence-corrected chi connectivity index (χ4v) is 4.20. The minimum Gasteiger partial charge on any atom is -0.493 e. The highest BCUT2D eigenvalue weighted by Gasteiger charge is 2.18. The predicted molar refractivity (Wildman–Crippen MR) is 121 cm³/mol. The molecule has 2 heterocycles. The van der Waals surface area contributed by atoms with Gasteiger partial charge in [-0.05, 0) is 30.3 Å². The first-order valence-electron chi connectivity index (χ1n) is 9.60. The van der Waals surface area contributed by atoms with Crippen molar-refractivity contribution < 1.29 is 23.7 Å². The highest BCUT2D eigenvalue weighted by atomic mass is 35.5. The van der Waals surface area contributed by atoms with Gasteiger partial charge in [-0.2, -0.15) is 0 Å². The number of benzene rings is 2. The van der Waals surface area contributed by atoms with E-state index in [9.17, 15) is 5.11 Å². The maximum atomic E-state index is 9.47. The van der Waals surface area contributed by atoms with E-state index < -0.39 is 0 Å². The summed E-state index contributed by atoms with van der Waals surface area (Å²) in [6.45, 7) is 0.398. The van der Waals surface area contributed by atoms with Crippen LogP contribution in [0.25, 0.3) is 22.5 Å². The number of aromatic nitrogens is 4. The van der Waals surface area contributed by atoms with Gasteiger partial charge in [0.2, 0.25) is 11.6 Å². The van der Waals surface area contributed by atoms with Crippen molar-refractivity contribution in [1.82, 2.24) is 19.7 Å². The Hall–Kier alpha value is -2.95. The highest BCUT2D eigenvalue weighted by molar-refractivity contribution is 7.98. The number of nitrogens with zero attached hydrogens (tertiary/aromatic N) is 4. The first-order chi connectivity index (χ1) is 15.6. The second-order valence-electron chi connectivity index (χ2n) is 6.61. The van der Waals surface area contributed by atoms with Crippen molar-refractivity contribution in [3.8, 4) is 28.7 Å². The quantitative estimate of drug-likeness (QED) is 0.358. The third-order valence-electron chi connectivity index (χ3n) is 4.76. The van der Waals surface area contributed by atoms with Gasteiger partial charge in [-0.25, -0.2) is 4.98 Å². The summed E-state index contributed by atoms with van der Waals surface area (Å²) >= 11 is 7.48. The predicted octanol–water partition coefficient (Wildman–Crippen LogP) is 4.05. The van der Waals surface area contributed by atoms with Crippen molar-refractivity contribution in [2.75, 3.05) is 27.9 Å². The van der Waals surface area contributed by atoms with E-state index in [0.717, 1.165) is 16.9 Å². The van der Waals surface area contributed by atoms with E-state index in [1.54, 1.807) is 39.5 Å². The molecule has 0 saturated heterocycles. The molecular formula is C21H21ClN4O5S. The molecule has 0 spiro atoms. The minimum atomic E-state index is -0.0124. The van der Waals surface area contributed by atoms with Gasteiger partial charge in [0, 0.05) is 17.1 Å². The smallest absolute Gasteiger partial charge is 0.277 e. The summed E-state index contributed by atoms with van der Waals surface area (Å²) in [6.07, 6.45) is 0. The monoisotopic (exact) mass is 476 g/mol. The van der Waals surface area contributed by atoms with Gasteiger partial charge in [-0.3, -0.25) is 0 Å². The summed E-state index contributed by atoms with van der Waals surface area (Å²) in [4.78, 5) is 4.65. The Kier molecular flexibility index (Phi) is 6.73. The Labute approximate surface area is 193 Å². The van der Waals surface area contributed by atoms with Gasteiger partial charge < -0.3 is 28.3 Å². The summed E-state index contributed by atoms with van der Waals surface area (Å²) < 4.78 is 23.9. The van der Waals surface area contributed by atoms with Crippen LogP contribution in [0.4, 0.5) is 0 Å². The van der Waals surface area contributed by atoms with Crippen LogP contribution < -0.4 is 14.2 Å². The maximum absolute atomic E-state index is 9.47. The molecule has 32 heavy (non-hydrogen) atoms. The zero-order chi connectivity index (χ0) is 22.7. The molecule has 0 atom stereocenters.